The zero-order chi connectivity index (χ0) is 14.4. The third-order valence-corrected chi connectivity index (χ3v) is 3.64. The van der Waals surface area contributed by atoms with Crippen LogP contribution in [0.2, 0.25) is 0 Å². The van der Waals surface area contributed by atoms with Crippen LogP contribution in [0.15, 0.2) is 24.3 Å². The Bertz CT molecular complexity index is 401. The van der Waals surface area contributed by atoms with Crippen LogP contribution in [0, 0.1) is 22.0 Å². The second-order valence-electron chi connectivity index (χ2n) is 5.38. The number of nitrogens with zero attached hydrogens (tertiary/aromatic N) is 1. The second kappa shape index (κ2) is 7.24. The van der Waals surface area contributed by atoms with Gasteiger partial charge < -0.3 is 5.32 Å². The van der Waals surface area contributed by atoms with Crippen molar-refractivity contribution < 1.29 is 4.92 Å². The van der Waals surface area contributed by atoms with Gasteiger partial charge in [0.25, 0.3) is 5.69 Å². The fourth-order valence-corrected chi connectivity index (χ4v) is 2.49. The molecule has 1 rings (SSSR count). The molecule has 0 amide bonds. The van der Waals surface area contributed by atoms with Crippen molar-refractivity contribution in [2.24, 2.45) is 11.8 Å². The molecular formula is C15H24N2O2. The van der Waals surface area contributed by atoms with Crippen LogP contribution >= 0.6 is 0 Å². The van der Waals surface area contributed by atoms with Crippen molar-refractivity contribution in [2.45, 2.75) is 40.2 Å². The zero-order valence-electron chi connectivity index (χ0n) is 12.2. The monoisotopic (exact) mass is 264 g/mol. The number of rotatable bonds is 7. The standard InChI is InChI=1S/C15H24N2O2/c1-5-16-12(4)15(11(2)3)10-13-6-8-14(9-7-13)17(18)19/h6-9,11-12,15-16H,5,10H2,1-4H3. The summed E-state index contributed by atoms with van der Waals surface area (Å²) in [5.41, 5.74) is 1.32. The number of hydrogen-bond donors (Lipinski definition) is 1. The molecule has 0 saturated heterocycles. The van der Waals surface area contributed by atoms with Crippen LogP contribution in [0.3, 0.4) is 0 Å². The maximum absolute atomic E-state index is 10.6. The zero-order valence-corrected chi connectivity index (χ0v) is 12.2. The third-order valence-electron chi connectivity index (χ3n) is 3.64. The minimum atomic E-state index is -0.356. The van der Waals surface area contributed by atoms with Gasteiger partial charge in [-0.05, 0) is 37.3 Å². The number of nitro benzene ring substituents is 1. The topological polar surface area (TPSA) is 55.2 Å². The molecule has 0 fully saturated rings. The van der Waals surface area contributed by atoms with Gasteiger partial charge in [-0.1, -0.05) is 32.9 Å². The van der Waals surface area contributed by atoms with E-state index in [2.05, 4.69) is 33.0 Å². The number of non-ortho nitro benzene ring substituents is 1. The van der Waals surface area contributed by atoms with E-state index >= 15 is 0 Å². The highest BCUT2D eigenvalue weighted by molar-refractivity contribution is 5.33. The molecule has 1 N–H and O–H groups in total. The van der Waals surface area contributed by atoms with E-state index in [0.29, 0.717) is 17.9 Å². The van der Waals surface area contributed by atoms with Gasteiger partial charge in [0, 0.05) is 18.2 Å². The molecule has 0 aliphatic heterocycles. The van der Waals surface area contributed by atoms with Gasteiger partial charge in [-0.2, -0.15) is 0 Å². The number of nitrogens with one attached hydrogen (secondary N) is 1. The first kappa shape index (κ1) is 15.6. The molecule has 4 heteroatoms. The molecular weight excluding hydrogens is 240 g/mol. The Labute approximate surface area is 115 Å². The summed E-state index contributed by atoms with van der Waals surface area (Å²) in [6.45, 7) is 9.73. The van der Waals surface area contributed by atoms with Crippen LogP contribution in [-0.2, 0) is 6.42 Å². The molecule has 2 unspecified atom stereocenters. The van der Waals surface area contributed by atoms with E-state index in [1.54, 1.807) is 12.1 Å². The van der Waals surface area contributed by atoms with Crippen molar-refractivity contribution in [3.8, 4) is 0 Å². The first-order chi connectivity index (χ1) is 8.95. The summed E-state index contributed by atoms with van der Waals surface area (Å²) in [7, 11) is 0. The van der Waals surface area contributed by atoms with Crippen LogP contribution in [0.4, 0.5) is 5.69 Å². The maximum Gasteiger partial charge on any atom is 0.269 e. The Balaban J connectivity index is 2.76. The van der Waals surface area contributed by atoms with E-state index in [-0.39, 0.29) is 10.6 Å². The van der Waals surface area contributed by atoms with E-state index in [1.165, 1.54) is 0 Å². The largest absolute Gasteiger partial charge is 0.314 e. The van der Waals surface area contributed by atoms with Crippen LogP contribution in [0.25, 0.3) is 0 Å². The highest BCUT2D eigenvalue weighted by Gasteiger charge is 2.20. The molecule has 1 aromatic carbocycles. The molecule has 0 bridgehead atoms. The van der Waals surface area contributed by atoms with Gasteiger partial charge in [-0.3, -0.25) is 10.1 Å². The lowest BCUT2D eigenvalue weighted by atomic mass is 9.84. The van der Waals surface area contributed by atoms with Gasteiger partial charge in [-0.15, -0.1) is 0 Å². The van der Waals surface area contributed by atoms with E-state index in [4.69, 9.17) is 0 Å². The molecule has 0 spiro atoms. The van der Waals surface area contributed by atoms with Crippen molar-refractivity contribution in [3.05, 3.63) is 39.9 Å². The van der Waals surface area contributed by atoms with Gasteiger partial charge in [0.2, 0.25) is 0 Å². The molecule has 4 nitrogen and oxygen atoms in total. The minimum absolute atomic E-state index is 0.157. The van der Waals surface area contributed by atoms with Crippen molar-refractivity contribution in [1.29, 1.82) is 0 Å². The average Bonchev–Trinajstić information content (AvgIpc) is 2.36. The molecule has 0 radical (unpaired) electrons. The average molecular weight is 264 g/mol. The van der Waals surface area contributed by atoms with Crippen LogP contribution in [0.1, 0.15) is 33.3 Å². The number of hydrogen-bond acceptors (Lipinski definition) is 3. The SMILES string of the molecule is CCNC(C)C(Cc1ccc([N+](=O)[O-])cc1)C(C)C. The molecule has 2 atom stereocenters. The molecule has 0 aromatic heterocycles. The minimum Gasteiger partial charge on any atom is -0.314 e. The van der Waals surface area contributed by atoms with Gasteiger partial charge >= 0.3 is 0 Å². The molecule has 19 heavy (non-hydrogen) atoms. The first-order valence-corrected chi connectivity index (χ1v) is 6.92. The van der Waals surface area contributed by atoms with Crippen LogP contribution < -0.4 is 5.32 Å². The van der Waals surface area contributed by atoms with Crippen molar-refractivity contribution in [3.63, 3.8) is 0 Å². The normalized spacial score (nSPS) is 14.4. The highest BCUT2D eigenvalue weighted by atomic mass is 16.6. The fraction of sp³-hybridized carbons (Fsp3) is 0.600. The summed E-state index contributed by atoms with van der Waals surface area (Å²) in [4.78, 5) is 10.3. The Morgan fingerprint density at radius 2 is 1.79 bits per heavy atom. The number of nitro groups is 1. The van der Waals surface area contributed by atoms with Gasteiger partial charge in [0.1, 0.15) is 0 Å². The van der Waals surface area contributed by atoms with Crippen LogP contribution in [0.5, 0.6) is 0 Å². The summed E-state index contributed by atoms with van der Waals surface area (Å²) in [5, 5.41) is 14.1. The van der Waals surface area contributed by atoms with E-state index in [0.717, 1.165) is 18.5 Å². The van der Waals surface area contributed by atoms with Gasteiger partial charge in [-0.25, -0.2) is 0 Å². The fourth-order valence-electron chi connectivity index (χ4n) is 2.49. The van der Waals surface area contributed by atoms with E-state index in [1.807, 2.05) is 12.1 Å². The summed E-state index contributed by atoms with van der Waals surface area (Å²) >= 11 is 0. The quantitative estimate of drug-likeness (QED) is 0.606. The van der Waals surface area contributed by atoms with Crippen LogP contribution in [-0.4, -0.2) is 17.5 Å². The second-order valence-corrected chi connectivity index (χ2v) is 5.38. The van der Waals surface area contributed by atoms with Gasteiger partial charge in [0.05, 0.1) is 4.92 Å². The lowest BCUT2D eigenvalue weighted by Gasteiger charge is -2.28. The first-order valence-electron chi connectivity index (χ1n) is 6.92. The predicted octanol–water partition coefficient (Wildman–Crippen LogP) is 3.41. The summed E-state index contributed by atoms with van der Waals surface area (Å²) < 4.78 is 0. The highest BCUT2D eigenvalue weighted by Crippen LogP contribution is 2.22. The lowest BCUT2D eigenvalue weighted by molar-refractivity contribution is -0.384. The van der Waals surface area contributed by atoms with E-state index < -0.39 is 0 Å². The Hall–Kier alpha value is -1.42. The van der Waals surface area contributed by atoms with Crippen molar-refractivity contribution in [2.75, 3.05) is 6.54 Å². The maximum atomic E-state index is 10.6. The van der Waals surface area contributed by atoms with Crippen molar-refractivity contribution >= 4 is 5.69 Å². The lowest BCUT2D eigenvalue weighted by Crippen LogP contribution is -2.37. The Morgan fingerprint density at radius 3 is 2.21 bits per heavy atom. The Kier molecular flexibility index (Phi) is 5.96. The molecule has 0 saturated carbocycles. The third kappa shape index (κ3) is 4.63. The Morgan fingerprint density at radius 1 is 1.21 bits per heavy atom. The molecule has 0 aliphatic rings. The van der Waals surface area contributed by atoms with Crippen molar-refractivity contribution in [1.82, 2.24) is 5.32 Å². The summed E-state index contributed by atoms with van der Waals surface area (Å²) in [5.74, 6) is 1.10. The molecule has 0 heterocycles. The van der Waals surface area contributed by atoms with Gasteiger partial charge in [0.15, 0.2) is 0 Å². The molecule has 106 valence electrons. The summed E-state index contributed by atoms with van der Waals surface area (Å²) in [6.07, 6.45) is 0.948. The number of benzene rings is 1. The smallest absolute Gasteiger partial charge is 0.269 e. The van der Waals surface area contributed by atoms with E-state index in [9.17, 15) is 10.1 Å². The molecule has 0 aliphatic carbocycles. The predicted molar refractivity (Wildman–Crippen MR) is 78.3 cm³/mol. The summed E-state index contributed by atoms with van der Waals surface area (Å²) in [6, 6.07) is 7.35. The molecule has 1 aromatic rings.